The zero-order chi connectivity index (χ0) is 15.6. The van der Waals surface area contributed by atoms with Gasteiger partial charge in [-0.05, 0) is 37.0 Å². The second-order valence-electron chi connectivity index (χ2n) is 5.63. The fourth-order valence-electron chi connectivity index (χ4n) is 2.68. The molecule has 1 aromatic carbocycles. The highest BCUT2D eigenvalue weighted by atomic mass is 127. The number of nitrogens with two attached hydrogens (primary N) is 1. The molecule has 23 heavy (non-hydrogen) atoms. The van der Waals surface area contributed by atoms with Crippen molar-refractivity contribution in [1.29, 1.82) is 0 Å². The molecule has 0 radical (unpaired) electrons. The van der Waals surface area contributed by atoms with Crippen molar-refractivity contribution in [1.82, 2.24) is 5.32 Å². The smallest absolute Gasteiger partial charge is 0.188 e. The summed E-state index contributed by atoms with van der Waals surface area (Å²) in [5.74, 6) is 3.82. The van der Waals surface area contributed by atoms with Crippen LogP contribution in [0.4, 0.5) is 0 Å². The first-order valence-corrected chi connectivity index (χ1v) is 7.99. The number of hydrogen-bond acceptors (Lipinski definition) is 2. The average molecular weight is 427 g/mol. The lowest BCUT2D eigenvalue weighted by atomic mass is 9.96. The number of benzene rings is 1. The van der Waals surface area contributed by atoms with E-state index in [1.165, 1.54) is 37.7 Å². The van der Waals surface area contributed by atoms with Gasteiger partial charge in [-0.25, -0.2) is 0 Å². The number of nitrogens with one attached hydrogen (secondary N) is 1. The van der Waals surface area contributed by atoms with Crippen LogP contribution >= 0.6 is 24.0 Å². The van der Waals surface area contributed by atoms with Gasteiger partial charge in [-0.1, -0.05) is 37.3 Å². The molecule has 1 aliphatic rings. The summed E-state index contributed by atoms with van der Waals surface area (Å²) in [6.07, 6.45) is 12.4. The van der Waals surface area contributed by atoms with Crippen molar-refractivity contribution in [3.05, 3.63) is 29.8 Å². The minimum Gasteiger partial charge on any atom is -0.481 e. The van der Waals surface area contributed by atoms with Crippen molar-refractivity contribution in [2.45, 2.75) is 44.6 Å². The zero-order valence-corrected chi connectivity index (χ0v) is 15.8. The van der Waals surface area contributed by atoms with Crippen molar-refractivity contribution in [3.8, 4) is 18.1 Å². The minimum absolute atomic E-state index is 0. The molecular formula is C18H26IN3O. The van der Waals surface area contributed by atoms with Crippen LogP contribution in [-0.4, -0.2) is 25.2 Å². The zero-order valence-electron chi connectivity index (χ0n) is 13.5. The maximum Gasteiger partial charge on any atom is 0.188 e. The quantitative estimate of drug-likeness (QED) is 0.318. The number of terminal acetylenes is 1. The monoisotopic (exact) mass is 427 g/mol. The Hall–Kier alpha value is -1.42. The molecule has 0 spiro atoms. The molecule has 1 aromatic rings. The summed E-state index contributed by atoms with van der Waals surface area (Å²) >= 11 is 0. The van der Waals surface area contributed by atoms with Gasteiger partial charge in [-0.3, -0.25) is 4.99 Å². The second-order valence-corrected chi connectivity index (χ2v) is 5.63. The van der Waals surface area contributed by atoms with Gasteiger partial charge in [0.25, 0.3) is 0 Å². The Morgan fingerprint density at radius 3 is 2.61 bits per heavy atom. The lowest BCUT2D eigenvalue weighted by Gasteiger charge is -2.23. The van der Waals surface area contributed by atoms with Crippen LogP contribution in [0.15, 0.2) is 29.3 Å². The van der Waals surface area contributed by atoms with Gasteiger partial charge in [0.05, 0.1) is 0 Å². The summed E-state index contributed by atoms with van der Waals surface area (Å²) in [6, 6.07) is 8.43. The van der Waals surface area contributed by atoms with E-state index in [0.717, 1.165) is 12.2 Å². The van der Waals surface area contributed by atoms with E-state index in [4.69, 9.17) is 16.9 Å². The van der Waals surface area contributed by atoms with Crippen molar-refractivity contribution in [3.63, 3.8) is 0 Å². The molecule has 0 aliphatic heterocycles. The van der Waals surface area contributed by atoms with Gasteiger partial charge in [0.15, 0.2) is 5.96 Å². The molecule has 0 atom stereocenters. The van der Waals surface area contributed by atoms with Gasteiger partial charge < -0.3 is 15.8 Å². The topological polar surface area (TPSA) is 59.6 Å². The number of guanidine groups is 1. The van der Waals surface area contributed by atoms with Gasteiger partial charge in [0.1, 0.15) is 12.4 Å². The van der Waals surface area contributed by atoms with Crippen LogP contribution < -0.4 is 15.8 Å². The highest BCUT2D eigenvalue weighted by Gasteiger charge is 2.13. The molecule has 3 N–H and O–H groups in total. The third-order valence-electron chi connectivity index (χ3n) is 3.89. The molecule has 2 rings (SSSR count). The summed E-state index contributed by atoms with van der Waals surface area (Å²) in [5.41, 5.74) is 7.16. The number of aliphatic imine (C=N–C) groups is 1. The number of rotatable bonds is 6. The summed E-state index contributed by atoms with van der Waals surface area (Å²) in [5, 5.41) is 3.33. The first-order valence-electron chi connectivity index (χ1n) is 7.99. The van der Waals surface area contributed by atoms with Crippen molar-refractivity contribution >= 4 is 29.9 Å². The van der Waals surface area contributed by atoms with Crippen LogP contribution in [0, 0.1) is 12.3 Å². The van der Waals surface area contributed by atoms with Crippen molar-refractivity contribution in [2.75, 3.05) is 13.2 Å². The van der Waals surface area contributed by atoms with E-state index in [-0.39, 0.29) is 24.0 Å². The first kappa shape index (κ1) is 19.6. The number of hydrogen-bond donors (Lipinski definition) is 2. The predicted octanol–water partition coefficient (Wildman–Crippen LogP) is 3.10. The molecule has 1 saturated carbocycles. The normalized spacial score (nSPS) is 15.3. The van der Waals surface area contributed by atoms with E-state index in [0.29, 0.717) is 25.2 Å². The molecular weight excluding hydrogens is 401 g/mol. The Balaban J connectivity index is 0.00000264. The van der Waals surface area contributed by atoms with Crippen LogP contribution in [0.2, 0.25) is 0 Å². The number of nitrogens with zero attached hydrogens (tertiary/aromatic N) is 1. The SMILES string of the molecule is C#CCOc1ccc(CCN=C(N)NC2CCCCC2)cc1.I. The van der Waals surface area contributed by atoms with Crippen LogP contribution in [-0.2, 0) is 6.42 Å². The first-order chi connectivity index (χ1) is 10.8. The highest BCUT2D eigenvalue weighted by Crippen LogP contribution is 2.17. The molecule has 5 heteroatoms. The maximum absolute atomic E-state index is 5.95. The summed E-state index contributed by atoms with van der Waals surface area (Å²) < 4.78 is 5.34. The summed E-state index contributed by atoms with van der Waals surface area (Å²) in [7, 11) is 0. The Morgan fingerprint density at radius 1 is 1.26 bits per heavy atom. The maximum atomic E-state index is 5.95. The largest absolute Gasteiger partial charge is 0.481 e. The molecule has 126 valence electrons. The van der Waals surface area contributed by atoms with Gasteiger partial charge in [-0.2, -0.15) is 0 Å². The Morgan fingerprint density at radius 2 is 1.96 bits per heavy atom. The van der Waals surface area contributed by atoms with E-state index in [1.54, 1.807) is 0 Å². The molecule has 0 saturated heterocycles. The van der Waals surface area contributed by atoms with Crippen molar-refractivity contribution < 1.29 is 4.74 Å². The standard InChI is InChI=1S/C18H25N3O.HI/c1-2-14-22-17-10-8-15(9-11-17)12-13-20-18(19)21-16-6-4-3-5-7-16;/h1,8-11,16H,3-7,12-14H2,(H3,19,20,21);1H. The van der Waals surface area contributed by atoms with Gasteiger partial charge in [0, 0.05) is 12.6 Å². The third kappa shape index (κ3) is 7.60. The molecule has 0 amide bonds. The lowest BCUT2D eigenvalue weighted by molar-refractivity contribution is 0.370. The molecule has 0 heterocycles. The van der Waals surface area contributed by atoms with Gasteiger partial charge >= 0.3 is 0 Å². The van der Waals surface area contributed by atoms with E-state index in [2.05, 4.69) is 16.2 Å². The minimum atomic E-state index is 0. The molecule has 4 nitrogen and oxygen atoms in total. The van der Waals surface area contributed by atoms with Crippen LogP contribution in [0.5, 0.6) is 5.75 Å². The lowest BCUT2D eigenvalue weighted by Crippen LogP contribution is -2.41. The van der Waals surface area contributed by atoms with E-state index in [9.17, 15) is 0 Å². The molecule has 1 fully saturated rings. The average Bonchev–Trinajstić information content (AvgIpc) is 2.55. The fourth-order valence-corrected chi connectivity index (χ4v) is 2.68. The van der Waals surface area contributed by atoms with E-state index < -0.39 is 0 Å². The summed E-state index contributed by atoms with van der Waals surface area (Å²) in [6.45, 7) is 0.989. The molecule has 0 unspecified atom stereocenters. The van der Waals surface area contributed by atoms with E-state index in [1.807, 2.05) is 24.3 Å². The van der Waals surface area contributed by atoms with Crippen LogP contribution in [0.25, 0.3) is 0 Å². The number of halogens is 1. The van der Waals surface area contributed by atoms with Crippen LogP contribution in [0.1, 0.15) is 37.7 Å². The Bertz CT molecular complexity index is 516. The predicted molar refractivity (Wildman–Crippen MR) is 106 cm³/mol. The Kier molecular flexibility index (Phi) is 9.53. The highest BCUT2D eigenvalue weighted by molar-refractivity contribution is 14.0. The number of ether oxygens (including phenoxy) is 1. The molecule has 0 bridgehead atoms. The summed E-state index contributed by atoms with van der Waals surface area (Å²) in [4.78, 5) is 4.41. The van der Waals surface area contributed by atoms with Gasteiger partial charge in [0.2, 0.25) is 0 Å². The van der Waals surface area contributed by atoms with Gasteiger partial charge in [-0.15, -0.1) is 30.4 Å². The third-order valence-corrected chi connectivity index (χ3v) is 3.89. The fraction of sp³-hybridized carbons (Fsp3) is 0.500. The second kappa shape index (κ2) is 11.2. The molecule has 1 aliphatic carbocycles. The van der Waals surface area contributed by atoms with Crippen LogP contribution in [0.3, 0.4) is 0 Å². The van der Waals surface area contributed by atoms with Crippen molar-refractivity contribution in [2.24, 2.45) is 10.7 Å². The molecule has 0 aromatic heterocycles. The Labute approximate surface area is 156 Å². The van der Waals surface area contributed by atoms with E-state index >= 15 is 0 Å².